The molecule has 1 atom stereocenters. The lowest BCUT2D eigenvalue weighted by atomic mass is 9.94. The lowest BCUT2D eigenvalue weighted by Crippen LogP contribution is -2.45. The highest BCUT2D eigenvalue weighted by Gasteiger charge is 2.30. The summed E-state index contributed by atoms with van der Waals surface area (Å²) in [5, 5.41) is 4.36. The normalized spacial score (nSPS) is 23.1. The van der Waals surface area contributed by atoms with E-state index in [2.05, 4.69) is 50.0 Å². The molecule has 0 unspecified atom stereocenters. The van der Waals surface area contributed by atoms with Crippen LogP contribution in [0.5, 0.6) is 0 Å². The Morgan fingerprint density at radius 3 is 2.48 bits per heavy atom. The van der Waals surface area contributed by atoms with Gasteiger partial charge in [-0.15, -0.1) is 0 Å². The molecule has 5 nitrogen and oxygen atoms in total. The van der Waals surface area contributed by atoms with Crippen LogP contribution in [0.15, 0.2) is 42.7 Å². The first kappa shape index (κ1) is 21.2. The van der Waals surface area contributed by atoms with Crippen molar-refractivity contribution < 1.29 is 4.74 Å². The van der Waals surface area contributed by atoms with Crippen molar-refractivity contribution >= 4 is 0 Å². The van der Waals surface area contributed by atoms with E-state index in [1.807, 2.05) is 12.3 Å². The Balaban J connectivity index is 1.10. The molecule has 0 radical (unpaired) electrons. The second-order valence-corrected chi connectivity index (χ2v) is 9.83. The van der Waals surface area contributed by atoms with Gasteiger partial charge < -0.3 is 9.64 Å². The number of nitrogens with zero attached hydrogens (tertiary/aromatic N) is 4. The van der Waals surface area contributed by atoms with Crippen molar-refractivity contribution in [2.75, 3.05) is 39.3 Å². The first-order chi connectivity index (χ1) is 15.3. The molecule has 168 valence electrons. The average molecular weight is 423 g/mol. The average Bonchev–Trinajstić information content (AvgIpc) is 3.56. The first-order valence-corrected chi connectivity index (χ1v) is 12.5. The van der Waals surface area contributed by atoms with Gasteiger partial charge in [-0.25, -0.2) is 0 Å². The second kappa shape index (κ2) is 10.3. The van der Waals surface area contributed by atoms with Crippen LogP contribution in [0, 0.1) is 5.92 Å². The van der Waals surface area contributed by atoms with E-state index in [0.29, 0.717) is 6.10 Å². The number of aryl methyl sites for hydroxylation is 1. The van der Waals surface area contributed by atoms with Gasteiger partial charge >= 0.3 is 0 Å². The van der Waals surface area contributed by atoms with E-state index < -0.39 is 0 Å². The van der Waals surface area contributed by atoms with Gasteiger partial charge in [-0.05, 0) is 81.1 Å². The SMILES string of the molecule is c1ccc2c(c1)CC(N1CCC(CN(CCCn3cccn3)C[C@@H]3CCCO3)CC1)C2. The molecule has 1 aliphatic carbocycles. The standard InChI is InChI=1S/C26H38N4O/c1-2-7-24-19-25(18-23(24)6-1)29-15-9-22(10-16-29)20-28(21-26-8-3-17-31-26)12-5-14-30-13-4-11-27-30/h1-2,4,6-7,11,13,22,25-26H,3,5,8-10,12,14-21H2/t26-/m0/s1. The fourth-order valence-electron chi connectivity index (χ4n) is 5.88. The summed E-state index contributed by atoms with van der Waals surface area (Å²) >= 11 is 0. The van der Waals surface area contributed by atoms with Gasteiger partial charge in [0.2, 0.25) is 0 Å². The number of fused-ring (bicyclic) bond motifs is 1. The highest BCUT2D eigenvalue weighted by molar-refractivity contribution is 5.33. The molecule has 2 aliphatic heterocycles. The van der Waals surface area contributed by atoms with Crippen molar-refractivity contribution in [1.82, 2.24) is 19.6 Å². The molecule has 5 rings (SSSR count). The Kier molecular flexibility index (Phi) is 7.02. The summed E-state index contributed by atoms with van der Waals surface area (Å²) in [6.07, 6.45) is 13.2. The molecule has 1 aromatic heterocycles. The maximum absolute atomic E-state index is 5.97. The van der Waals surface area contributed by atoms with Crippen molar-refractivity contribution in [2.45, 2.75) is 63.6 Å². The molecular weight excluding hydrogens is 384 g/mol. The van der Waals surface area contributed by atoms with E-state index in [-0.39, 0.29) is 0 Å². The van der Waals surface area contributed by atoms with E-state index in [9.17, 15) is 0 Å². The lowest BCUT2D eigenvalue weighted by molar-refractivity contribution is 0.0561. The van der Waals surface area contributed by atoms with Gasteiger partial charge in [-0.3, -0.25) is 9.58 Å². The molecule has 31 heavy (non-hydrogen) atoms. The molecule has 2 aromatic rings. The summed E-state index contributed by atoms with van der Waals surface area (Å²) in [5.41, 5.74) is 3.16. The Hall–Kier alpha value is -1.69. The number of likely N-dealkylation sites (tertiary alicyclic amines) is 1. The van der Waals surface area contributed by atoms with Crippen LogP contribution < -0.4 is 0 Å². The van der Waals surface area contributed by atoms with Crippen LogP contribution >= 0.6 is 0 Å². The van der Waals surface area contributed by atoms with Gasteiger partial charge in [0.15, 0.2) is 0 Å². The van der Waals surface area contributed by atoms with E-state index in [0.717, 1.165) is 44.6 Å². The molecule has 5 heteroatoms. The fourth-order valence-corrected chi connectivity index (χ4v) is 5.88. The summed E-state index contributed by atoms with van der Waals surface area (Å²) < 4.78 is 8.03. The van der Waals surface area contributed by atoms with Crippen molar-refractivity contribution in [1.29, 1.82) is 0 Å². The Morgan fingerprint density at radius 2 is 1.81 bits per heavy atom. The number of piperidine rings is 1. The molecule has 3 aliphatic rings. The Morgan fingerprint density at radius 1 is 1.00 bits per heavy atom. The predicted molar refractivity (Wildman–Crippen MR) is 124 cm³/mol. The zero-order valence-corrected chi connectivity index (χ0v) is 18.9. The van der Waals surface area contributed by atoms with Crippen LogP contribution in [0.25, 0.3) is 0 Å². The quantitative estimate of drug-likeness (QED) is 0.618. The number of ether oxygens (including phenoxy) is 1. The fraction of sp³-hybridized carbons (Fsp3) is 0.654. The molecule has 2 fully saturated rings. The van der Waals surface area contributed by atoms with Crippen LogP contribution in [0.4, 0.5) is 0 Å². The van der Waals surface area contributed by atoms with Gasteiger partial charge in [0.25, 0.3) is 0 Å². The summed E-state index contributed by atoms with van der Waals surface area (Å²) in [6, 6.07) is 11.8. The minimum Gasteiger partial charge on any atom is -0.377 e. The number of aromatic nitrogens is 2. The summed E-state index contributed by atoms with van der Waals surface area (Å²) in [4.78, 5) is 5.48. The third-order valence-electron chi connectivity index (χ3n) is 7.62. The van der Waals surface area contributed by atoms with Crippen LogP contribution in [0.3, 0.4) is 0 Å². The van der Waals surface area contributed by atoms with Gasteiger partial charge in [-0.1, -0.05) is 24.3 Å². The van der Waals surface area contributed by atoms with Crippen molar-refractivity contribution in [2.24, 2.45) is 5.92 Å². The molecular formula is C26H38N4O. The number of hydrogen-bond acceptors (Lipinski definition) is 4. The number of hydrogen-bond donors (Lipinski definition) is 0. The Labute approximate surface area is 187 Å². The lowest BCUT2D eigenvalue weighted by Gasteiger charge is -2.38. The third kappa shape index (κ3) is 5.57. The maximum Gasteiger partial charge on any atom is 0.0702 e. The van der Waals surface area contributed by atoms with E-state index >= 15 is 0 Å². The number of benzene rings is 1. The molecule has 2 saturated heterocycles. The van der Waals surface area contributed by atoms with Gasteiger partial charge in [0.05, 0.1) is 6.10 Å². The van der Waals surface area contributed by atoms with Crippen LogP contribution in [-0.4, -0.2) is 71.1 Å². The summed E-state index contributed by atoms with van der Waals surface area (Å²) in [5.74, 6) is 0.825. The van der Waals surface area contributed by atoms with E-state index in [1.54, 1.807) is 11.1 Å². The molecule has 0 spiro atoms. The smallest absolute Gasteiger partial charge is 0.0702 e. The summed E-state index contributed by atoms with van der Waals surface area (Å²) in [7, 11) is 0. The van der Waals surface area contributed by atoms with Crippen LogP contribution in [-0.2, 0) is 24.1 Å². The molecule has 0 bridgehead atoms. The zero-order valence-electron chi connectivity index (χ0n) is 18.9. The zero-order chi connectivity index (χ0) is 20.9. The topological polar surface area (TPSA) is 33.5 Å². The Bertz CT molecular complexity index is 768. The predicted octanol–water partition coefficient (Wildman–Crippen LogP) is 3.63. The monoisotopic (exact) mass is 422 g/mol. The third-order valence-corrected chi connectivity index (χ3v) is 7.62. The largest absolute Gasteiger partial charge is 0.377 e. The van der Waals surface area contributed by atoms with Gasteiger partial charge in [0.1, 0.15) is 0 Å². The summed E-state index contributed by atoms with van der Waals surface area (Å²) in [6.45, 7) is 7.99. The van der Waals surface area contributed by atoms with E-state index in [1.165, 1.54) is 58.2 Å². The van der Waals surface area contributed by atoms with Crippen molar-refractivity contribution in [3.63, 3.8) is 0 Å². The minimum absolute atomic E-state index is 0.446. The van der Waals surface area contributed by atoms with Crippen LogP contribution in [0.2, 0.25) is 0 Å². The molecule has 3 heterocycles. The van der Waals surface area contributed by atoms with Crippen LogP contribution in [0.1, 0.15) is 43.2 Å². The van der Waals surface area contributed by atoms with Crippen molar-refractivity contribution in [3.8, 4) is 0 Å². The maximum atomic E-state index is 5.97. The molecule has 0 saturated carbocycles. The highest BCUT2D eigenvalue weighted by Crippen LogP contribution is 2.29. The first-order valence-electron chi connectivity index (χ1n) is 12.5. The van der Waals surface area contributed by atoms with Crippen molar-refractivity contribution in [3.05, 3.63) is 53.9 Å². The second-order valence-electron chi connectivity index (χ2n) is 9.83. The molecule has 1 aromatic carbocycles. The molecule has 0 N–H and O–H groups in total. The minimum atomic E-state index is 0.446. The highest BCUT2D eigenvalue weighted by atomic mass is 16.5. The molecule has 0 amide bonds. The van der Waals surface area contributed by atoms with Gasteiger partial charge in [0, 0.05) is 51.2 Å². The van der Waals surface area contributed by atoms with Gasteiger partial charge in [-0.2, -0.15) is 5.10 Å². The number of rotatable bonds is 9. The van der Waals surface area contributed by atoms with E-state index in [4.69, 9.17) is 4.74 Å².